The van der Waals surface area contributed by atoms with Gasteiger partial charge in [0.15, 0.2) is 11.5 Å². The van der Waals surface area contributed by atoms with Crippen molar-refractivity contribution in [1.82, 2.24) is 19.8 Å². The van der Waals surface area contributed by atoms with Gasteiger partial charge in [0.2, 0.25) is 0 Å². The number of nitrogens with one attached hydrogen (secondary N) is 2. The summed E-state index contributed by atoms with van der Waals surface area (Å²) in [7, 11) is 1.28. The number of halogens is 1. The van der Waals surface area contributed by atoms with E-state index in [1.165, 1.54) is 7.11 Å². The van der Waals surface area contributed by atoms with Crippen LogP contribution in [0.15, 0.2) is 18.2 Å². The van der Waals surface area contributed by atoms with Crippen LogP contribution in [0.25, 0.3) is 17.0 Å². The van der Waals surface area contributed by atoms with Crippen molar-refractivity contribution in [1.29, 1.82) is 0 Å². The van der Waals surface area contributed by atoms with E-state index in [0.29, 0.717) is 22.2 Å². The van der Waals surface area contributed by atoms with E-state index in [1.54, 1.807) is 16.8 Å². The molecule has 0 saturated heterocycles. The Morgan fingerprint density at radius 3 is 2.67 bits per heavy atom. The number of fused-ring (bicyclic) bond motifs is 1. The molecule has 0 unspecified atom stereocenters. The summed E-state index contributed by atoms with van der Waals surface area (Å²) in [5.41, 5.74) is 3.41. The standard InChI is InChI=1S/C20H24ClN5O4/c1-11-6-7-12(22-19(28)30-9-8-14(27)29-5)10-13(11)17-23-18-15(21)16(20(2,3)4)24-26(18)25-17/h6-7,10,24H,8-9H2,1-5H3,(H,22,28). The zero-order valence-corrected chi connectivity index (χ0v) is 18.3. The summed E-state index contributed by atoms with van der Waals surface area (Å²) in [5, 5.41) is 10.8. The fourth-order valence-electron chi connectivity index (χ4n) is 2.83. The second-order valence-corrected chi connectivity index (χ2v) is 8.22. The minimum Gasteiger partial charge on any atom is -0.469 e. The molecule has 1 aromatic carbocycles. The topological polar surface area (TPSA) is 111 Å². The second kappa shape index (κ2) is 8.35. The number of nitrogens with zero attached hydrogens (tertiary/aromatic N) is 3. The molecule has 0 atom stereocenters. The Morgan fingerprint density at radius 2 is 2.03 bits per heavy atom. The Kier molecular flexibility index (Phi) is 6.02. The van der Waals surface area contributed by atoms with Crippen LogP contribution < -0.4 is 5.32 Å². The Hall–Kier alpha value is -3.07. The van der Waals surface area contributed by atoms with Crippen LogP contribution in [0.3, 0.4) is 0 Å². The molecule has 2 heterocycles. The molecule has 0 aliphatic heterocycles. The van der Waals surface area contributed by atoms with Gasteiger partial charge in [0, 0.05) is 16.7 Å². The first-order valence-corrected chi connectivity index (χ1v) is 9.74. The number of ether oxygens (including phenoxy) is 2. The summed E-state index contributed by atoms with van der Waals surface area (Å²) in [6.07, 6.45) is -0.679. The maximum Gasteiger partial charge on any atom is 0.411 e. The third kappa shape index (κ3) is 4.56. The number of anilines is 1. The average molecular weight is 434 g/mol. The molecule has 3 rings (SSSR count). The van der Waals surface area contributed by atoms with Crippen LogP contribution in [0, 0.1) is 6.92 Å². The minimum atomic E-state index is -0.670. The van der Waals surface area contributed by atoms with Gasteiger partial charge >= 0.3 is 12.1 Å². The highest BCUT2D eigenvalue weighted by molar-refractivity contribution is 6.34. The van der Waals surface area contributed by atoms with Crippen LogP contribution in [0.2, 0.25) is 5.02 Å². The Labute approximate surface area is 178 Å². The van der Waals surface area contributed by atoms with Crippen LogP contribution in [-0.4, -0.2) is 45.6 Å². The molecule has 1 amide bonds. The molecule has 0 fully saturated rings. The molecule has 0 aliphatic rings. The van der Waals surface area contributed by atoms with Crippen molar-refractivity contribution in [2.24, 2.45) is 0 Å². The molecule has 0 radical (unpaired) electrons. The van der Waals surface area contributed by atoms with Crippen molar-refractivity contribution in [3.63, 3.8) is 0 Å². The third-order valence-electron chi connectivity index (χ3n) is 4.48. The smallest absolute Gasteiger partial charge is 0.411 e. The molecule has 2 N–H and O–H groups in total. The monoisotopic (exact) mass is 433 g/mol. The molecule has 2 aromatic heterocycles. The maximum atomic E-state index is 11.9. The quantitative estimate of drug-likeness (QED) is 0.586. The first kappa shape index (κ1) is 21.6. The van der Waals surface area contributed by atoms with Crippen LogP contribution in [0.1, 0.15) is 38.4 Å². The number of hydrogen-bond acceptors (Lipinski definition) is 6. The molecule has 10 heteroatoms. The molecule has 0 spiro atoms. The number of benzene rings is 1. The lowest BCUT2D eigenvalue weighted by Gasteiger charge is -2.16. The molecule has 3 aromatic rings. The van der Waals surface area contributed by atoms with Crippen molar-refractivity contribution >= 4 is 35.0 Å². The molecular formula is C20H24ClN5O4. The lowest BCUT2D eigenvalue weighted by molar-refractivity contribution is -0.141. The van der Waals surface area contributed by atoms with Gasteiger partial charge in [-0.25, -0.2) is 9.78 Å². The molecule has 9 nitrogen and oxygen atoms in total. The van der Waals surface area contributed by atoms with Crippen LogP contribution >= 0.6 is 11.6 Å². The molecule has 0 saturated carbocycles. The van der Waals surface area contributed by atoms with Gasteiger partial charge < -0.3 is 9.47 Å². The van der Waals surface area contributed by atoms with Gasteiger partial charge in [-0.2, -0.15) is 4.63 Å². The van der Waals surface area contributed by atoms with E-state index >= 15 is 0 Å². The van der Waals surface area contributed by atoms with Gasteiger partial charge in [0.1, 0.15) is 11.6 Å². The predicted octanol–water partition coefficient (Wildman–Crippen LogP) is 4.10. The Bertz CT molecular complexity index is 1100. The van der Waals surface area contributed by atoms with Crippen molar-refractivity contribution in [2.45, 2.75) is 39.5 Å². The Balaban J connectivity index is 1.80. The fraction of sp³-hybridized carbons (Fsp3) is 0.400. The van der Waals surface area contributed by atoms with Crippen molar-refractivity contribution in [3.05, 3.63) is 34.5 Å². The average Bonchev–Trinajstić information content (AvgIpc) is 3.22. The Morgan fingerprint density at radius 1 is 1.30 bits per heavy atom. The van der Waals surface area contributed by atoms with Gasteiger partial charge in [0.25, 0.3) is 0 Å². The van der Waals surface area contributed by atoms with Gasteiger partial charge in [-0.05, 0) is 24.6 Å². The highest BCUT2D eigenvalue weighted by Gasteiger charge is 2.24. The molecule has 30 heavy (non-hydrogen) atoms. The predicted molar refractivity (Wildman–Crippen MR) is 113 cm³/mol. The third-order valence-corrected chi connectivity index (χ3v) is 4.84. The molecule has 0 bridgehead atoms. The van der Waals surface area contributed by atoms with E-state index in [1.807, 2.05) is 13.0 Å². The number of hydrogen-bond donors (Lipinski definition) is 2. The fourth-order valence-corrected chi connectivity index (χ4v) is 3.28. The van der Waals surface area contributed by atoms with E-state index in [0.717, 1.165) is 16.8 Å². The van der Waals surface area contributed by atoms with Crippen molar-refractivity contribution in [2.75, 3.05) is 19.0 Å². The summed E-state index contributed by atoms with van der Waals surface area (Å²) in [6.45, 7) is 8.00. The zero-order chi connectivity index (χ0) is 22.1. The largest absolute Gasteiger partial charge is 0.469 e. The van der Waals surface area contributed by atoms with Crippen LogP contribution in [0.5, 0.6) is 0 Å². The normalized spacial score (nSPS) is 11.5. The van der Waals surface area contributed by atoms with E-state index in [4.69, 9.17) is 16.3 Å². The van der Waals surface area contributed by atoms with Crippen molar-refractivity contribution < 1.29 is 19.1 Å². The number of H-pyrrole nitrogens is 1. The van der Waals surface area contributed by atoms with Crippen molar-refractivity contribution in [3.8, 4) is 11.4 Å². The second-order valence-electron chi connectivity index (χ2n) is 7.84. The van der Waals surface area contributed by atoms with E-state index in [-0.39, 0.29) is 18.4 Å². The van der Waals surface area contributed by atoms with Gasteiger partial charge in [-0.1, -0.05) is 38.4 Å². The summed E-state index contributed by atoms with van der Waals surface area (Å²) < 4.78 is 11.0. The first-order chi connectivity index (χ1) is 14.1. The lowest BCUT2D eigenvalue weighted by Crippen LogP contribution is -2.16. The summed E-state index contributed by atoms with van der Waals surface area (Å²) in [5.74, 6) is 0.0269. The summed E-state index contributed by atoms with van der Waals surface area (Å²) in [4.78, 5) is 27.6. The van der Waals surface area contributed by atoms with Crippen LogP contribution in [-0.2, 0) is 19.7 Å². The van der Waals surface area contributed by atoms with Gasteiger partial charge in [0.05, 0.1) is 19.2 Å². The summed E-state index contributed by atoms with van der Waals surface area (Å²) >= 11 is 6.50. The maximum absolute atomic E-state index is 11.9. The van der Waals surface area contributed by atoms with Gasteiger partial charge in [-0.15, -0.1) is 5.10 Å². The number of carbonyl (C=O) groups is 2. The zero-order valence-electron chi connectivity index (χ0n) is 17.5. The van der Waals surface area contributed by atoms with E-state index < -0.39 is 12.1 Å². The SMILES string of the molecule is COC(=O)CCOC(=O)Nc1ccc(C)c(-c2nc3c(Cl)c(C(C)(C)C)[nH]n3n2)c1. The summed E-state index contributed by atoms with van der Waals surface area (Å²) in [6, 6.07) is 5.34. The number of carbonyl (C=O) groups excluding carboxylic acids is 2. The highest BCUT2D eigenvalue weighted by atomic mass is 35.5. The number of aromatic amines is 1. The number of methoxy groups -OCH3 is 1. The van der Waals surface area contributed by atoms with Crippen LogP contribution in [0.4, 0.5) is 10.5 Å². The number of aryl methyl sites for hydroxylation is 1. The number of aromatic nitrogens is 4. The molecular weight excluding hydrogens is 410 g/mol. The molecule has 160 valence electrons. The number of rotatable bonds is 5. The lowest BCUT2D eigenvalue weighted by atomic mass is 9.92. The first-order valence-electron chi connectivity index (χ1n) is 9.36. The number of esters is 1. The number of amides is 1. The highest BCUT2D eigenvalue weighted by Crippen LogP contribution is 2.32. The van der Waals surface area contributed by atoms with Gasteiger partial charge in [-0.3, -0.25) is 15.2 Å². The van der Waals surface area contributed by atoms with E-state index in [9.17, 15) is 9.59 Å². The van der Waals surface area contributed by atoms with E-state index in [2.05, 4.69) is 46.0 Å². The molecule has 0 aliphatic carbocycles. The minimum absolute atomic E-state index is 0.00890.